The Morgan fingerprint density at radius 2 is 1.91 bits per heavy atom. The fraction of sp³-hybridized carbons (Fsp3) is 0.222. The molecular formula is C18H18N4. The van der Waals surface area contributed by atoms with E-state index in [4.69, 9.17) is 6.57 Å². The summed E-state index contributed by atoms with van der Waals surface area (Å²) < 4.78 is 4.22. The second kappa shape index (κ2) is 5.19. The van der Waals surface area contributed by atoms with Crippen LogP contribution in [0.1, 0.15) is 16.8 Å². The molecule has 110 valence electrons. The number of hydrogen-bond donors (Lipinski definition) is 0. The summed E-state index contributed by atoms with van der Waals surface area (Å²) in [7, 11) is 2.05. The van der Waals surface area contributed by atoms with Crippen molar-refractivity contribution in [1.82, 2.24) is 14.1 Å². The SMILES string of the molecule is [C-]#[N+]c1cc(-c2nccn2-c2c(C)cn(C)c2C)ccc1C. The van der Waals surface area contributed by atoms with Crippen molar-refractivity contribution in [2.75, 3.05) is 0 Å². The highest BCUT2D eigenvalue weighted by atomic mass is 15.1. The predicted octanol–water partition coefficient (Wildman–Crippen LogP) is 4.35. The van der Waals surface area contributed by atoms with Gasteiger partial charge in [-0.1, -0.05) is 12.1 Å². The van der Waals surface area contributed by atoms with Crippen molar-refractivity contribution >= 4 is 5.69 Å². The van der Waals surface area contributed by atoms with Crippen molar-refractivity contribution in [1.29, 1.82) is 0 Å². The van der Waals surface area contributed by atoms with Crippen LogP contribution < -0.4 is 0 Å². The highest BCUT2D eigenvalue weighted by Crippen LogP contribution is 2.30. The topological polar surface area (TPSA) is 27.1 Å². The van der Waals surface area contributed by atoms with Crippen LogP contribution in [0.25, 0.3) is 21.9 Å². The molecule has 0 radical (unpaired) electrons. The van der Waals surface area contributed by atoms with Crippen molar-refractivity contribution in [2.45, 2.75) is 20.8 Å². The van der Waals surface area contributed by atoms with Gasteiger partial charge in [0.25, 0.3) is 0 Å². The smallest absolute Gasteiger partial charge is 0.190 e. The molecule has 0 aliphatic carbocycles. The minimum atomic E-state index is 0.675. The highest BCUT2D eigenvalue weighted by Gasteiger charge is 2.15. The van der Waals surface area contributed by atoms with Gasteiger partial charge in [0.2, 0.25) is 0 Å². The van der Waals surface area contributed by atoms with Gasteiger partial charge in [0.15, 0.2) is 5.69 Å². The first kappa shape index (κ1) is 14.2. The summed E-state index contributed by atoms with van der Waals surface area (Å²) >= 11 is 0. The van der Waals surface area contributed by atoms with Gasteiger partial charge in [-0.25, -0.2) is 9.83 Å². The van der Waals surface area contributed by atoms with Crippen molar-refractivity contribution in [3.63, 3.8) is 0 Å². The van der Waals surface area contributed by atoms with Gasteiger partial charge in [0.1, 0.15) is 5.82 Å². The Morgan fingerprint density at radius 1 is 1.14 bits per heavy atom. The Hall–Kier alpha value is -2.80. The lowest BCUT2D eigenvalue weighted by molar-refractivity contribution is 0.870. The minimum Gasteiger partial charge on any atom is -0.353 e. The number of nitrogens with zero attached hydrogens (tertiary/aromatic N) is 4. The summed E-state index contributed by atoms with van der Waals surface area (Å²) in [4.78, 5) is 8.10. The molecule has 4 heteroatoms. The molecule has 0 unspecified atom stereocenters. The Kier molecular flexibility index (Phi) is 3.34. The number of benzene rings is 1. The Bertz CT molecular complexity index is 890. The molecule has 0 aliphatic heterocycles. The standard InChI is InChI=1S/C18H18N4/c1-12-6-7-15(10-16(12)19-4)18-20-8-9-22(18)17-13(2)11-21(5)14(17)3/h6-11H,1-3,5H3. The maximum absolute atomic E-state index is 7.29. The van der Waals surface area contributed by atoms with E-state index in [1.165, 1.54) is 11.3 Å². The summed E-state index contributed by atoms with van der Waals surface area (Å²) in [5.74, 6) is 0.863. The van der Waals surface area contributed by atoms with Crippen LogP contribution in [0.15, 0.2) is 36.8 Å². The van der Waals surface area contributed by atoms with E-state index in [1.807, 2.05) is 38.4 Å². The molecule has 0 N–H and O–H groups in total. The quantitative estimate of drug-likeness (QED) is 0.644. The number of hydrogen-bond acceptors (Lipinski definition) is 1. The summed E-state index contributed by atoms with van der Waals surface area (Å²) in [5.41, 5.74) is 6.17. The van der Waals surface area contributed by atoms with E-state index < -0.39 is 0 Å². The normalized spacial score (nSPS) is 10.7. The molecule has 0 spiro atoms. The average molecular weight is 290 g/mol. The van der Waals surface area contributed by atoms with Crippen LogP contribution in [0.2, 0.25) is 0 Å². The molecular weight excluding hydrogens is 272 g/mol. The van der Waals surface area contributed by atoms with Gasteiger partial charge in [-0.2, -0.15) is 0 Å². The first-order chi connectivity index (χ1) is 10.5. The lowest BCUT2D eigenvalue weighted by Crippen LogP contribution is -2.00. The molecule has 0 aliphatic rings. The molecule has 3 aromatic rings. The van der Waals surface area contributed by atoms with Crippen LogP contribution in [0, 0.1) is 27.3 Å². The van der Waals surface area contributed by atoms with Crippen LogP contribution in [0.4, 0.5) is 5.69 Å². The lowest BCUT2D eigenvalue weighted by atomic mass is 10.1. The molecule has 0 saturated heterocycles. The zero-order chi connectivity index (χ0) is 15.9. The van der Waals surface area contributed by atoms with E-state index in [-0.39, 0.29) is 0 Å². The van der Waals surface area contributed by atoms with Crippen molar-refractivity contribution in [2.24, 2.45) is 7.05 Å². The average Bonchev–Trinajstić information content (AvgIpc) is 3.05. The Morgan fingerprint density at radius 3 is 2.55 bits per heavy atom. The van der Waals surface area contributed by atoms with E-state index in [9.17, 15) is 0 Å². The maximum Gasteiger partial charge on any atom is 0.190 e. The van der Waals surface area contributed by atoms with Crippen LogP contribution in [0.5, 0.6) is 0 Å². The summed E-state index contributed by atoms with van der Waals surface area (Å²) in [6, 6.07) is 5.91. The van der Waals surface area contributed by atoms with Crippen molar-refractivity contribution in [3.05, 3.63) is 65.0 Å². The van der Waals surface area contributed by atoms with Crippen LogP contribution in [-0.2, 0) is 7.05 Å². The number of rotatable bonds is 2. The highest BCUT2D eigenvalue weighted by molar-refractivity contribution is 5.68. The summed E-state index contributed by atoms with van der Waals surface area (Å²) in [6.07, 6.45) is 5.90. The van der Waals surface area contributed by atoms with Crippen LogP contribution in [-0.4, -0.2) is 14.1 Å². The fourth-order valence-electron chi connectivity index (χ4n) is 2.83. The first-order valence-electron chi connectivity index (χ1n) is 7.17. The third-order valence-electron chi connectivity index (χ3n) is 4.10. The molecule has 0 fully saturated rings. The number of aromatic nitrogens is 3. The van der Waals surface area contributed by atoms with Gasteiger partial charge in [-0.3, -0.25) is 4.57 Å². The van der Waals surface area contributed by atoms with Gasteiger partial charge in [-0.05, 0) is 38.0 Å². The van der Waals surface area contributed by atoms with E-state index in [1.54, 1.807) is 6.20 Å². The van der Waals surface area contributed by atoms with E-state index in [0.29, 0.717) is 5.69 Å². The van der Waals surface area contributed by atoms with E-state index in [2.05, 4.69) is 39.0 Å². The second-order valence-electron chi connectivity index (χ2n) is 5.59. The van der Waals surface area contributed by atoms with Gasteiger partial charge >= 0.3 is 0 Å². The van der Waals surface area contributed by atoms with Crippen molar-refractivity contribution < 1.29 is 0 Å². The van der Waals surface area contributed by atoms with Gasteiger partial charge < -0.3 is 4.57 Å². The largest absolute Gasteiger partial charge is 0.353 e. The van der Waals surface area contributed by atoms with Gasteiger partial charge in [-0.15, -0.1) is 0 Å². The third kappa shape index (κ3) is 2.11. The minimum absolute atomic E-state index is 0.675. The monoisotopic (exact) mass is 290 g/mol. The zero-order valence-corrected chi connectivity index (χ0v) is 13.3. The molecule has 3 rings (SSSR count). The van der Waals surface area contributed by atoms with Crippen LogP contribution in [0.3, 0.4) is 0 Å². The lowest BCUT2D eigenvalue weighted by Gasteiger charge is -2.10. The molecule has 0 saturated carbocycles. The number of imidazole rings is 1. The molecule has 0 amide bonds. The molecule has 0 bridgehead atoms. The number of aryl methyl sites for hydroxylation is 3. The Balaban J connectivity index is 2.20. The molecule has 0 atom stereocenters. The van der Waals surface area contributed by atoms with E-state index in [0.717, 1.165) is 22.6 Å². The molecule has 1 aromatic carbocycles. The maximum atomic E-state index is 7.29. The predicted molar refractivity (Wildman–Crippen MR) is 88.4 cm³/mol. The molecule has 2 aromatic heterocycles. The summed E-state index contributed by atoms with van der Waals surface area (Å²) in [6.45, 7) is 13.4. The first-order valence-corrected chi connectivity index (χ1v) is 7.17. The van der Waals surface area contributed by atoms with Gasteiger partial charge in [0, 0.05) is 36.9 Å². The van der Waals surface area contributed by atoms with Gasteiger partial charge in [0.05, 0.1) is 12.3 Å². The molecule has 22 heavy (non-hydrogen) atoms. The van der Waals surface area contributed by atoms with E-state index >= 15 is 0 Å². The Labute approximate surface area is 130 Å². The zero-order valence-electron chi connectivity index (χ0n) is 13.3. The molecule has 4 nitrogen and oxygen atoms in total. The third-order valence-corrected chi connectivity index (χ3v) is 4.10. The fourth-order valence-corrected chi connectivity index (χ4v) is 2.83. The second-order valence-corrected chi connectivity index (χ2v) is 5.59. The van der Waals surface area contributed by atoms with Crippen molar-refractivity contribution in [3.8, 4) is 17.1 Å². The molecule has 2 heterocycles. The summed E-state index contributed by atoms with van der Waals surface area (Å²) in [5, 5.41) is 0. The van der Waals surface area contributed by atoms with Crippen LogP contribution >= 0.6 is 0 Å².